The number of hydrogen-bond donors (Lipinski definition) is 1. The summed E-state index contributed by atoms with van der Waals surface area (Å²) < 4.78 is 5.16. The van der Waals surface area contributed by atoms with Crippen LogP contribution in [0.4, 0.5) is 0 Å². The van der Waals surface area contributed by atoms with E-state index in [2.05, 4.69) is 41.3 Å². The van der Waals surface area contributed by atoms with Crippen LogP contribution in [0.15, 0.2) is 36.4 Å². The second-order valence-electron chi connectivity index (χ2n) is 6.41. The number of hydrogen-bond acceptors (Lipinski definition) is 3. The lowest BCUT2D eigenvalue weighted by Crippen LogP contribution is -2.45. The summed E-state index contributed by atoms with van der Waals surface area (Å²) in [5.74, 6) is 0. The van der Waals surface area contributed by atoms with E-state index in [0.29, 0.717) is 0 Å². The van der Waals surface area contributed by atoms with Crippen molar-refractivity contribution in [1.82, 2.24) is 4.90 Å². The van der Waals surface area contributed by atoms with Gasteiger partial charge >= 0.3 is 0 Å². The lowest BCUT2D eigenvalue weighted by molar-refractivity contribution is 0.0236. The highest BCUT2D eigenvalue weighted by molar-refractivity contribution is 5.48. The van der Waals surface area contributed by atoms with E-state index in [4.69, 9.17) is 4.74 Å². The molecular formula is C19H29NO2. The van der Waals surface area contributed by atoms with Crippen LogP contribution in [0.1, 0.15) is 31.2 Å². The molecule has 1 aromatic carbocycles. The maximum atomic E-state index is 9.88. The normalized spacial score (nSPS) is 23.2. The van der Waals surface area contributed by atoms with Crippen molar-refractivity contribution in [2.45, 2.75) is 25.7 Å². The van der Waals surface area contributed by atoms with Crippen molar-refractivity contribution in [1.29, 1.82) is 0 Å². The molecule has 0 spiro atoms. The maximum Gasteiger partial charge on any atom is 0.0499 e. The van der Waals surface area contributed by atoms with Crippen LogP contribution >= 0.6 is 0 Å². The molecule has 122 valence electrons. The van der Waals surface area contributed by atoms with Crippen LogP contribution in [0, 0.1) is 5.41 Å². The molecule has 1 heterocycles. The Balaban J connectivity index is 1.85. The summed E-state index contributed by atoms with van der Waals surface area (Å²) in [5.41, 5.74) is 1.31. The monoisotopic (exact) mass is 303 g/mol. The van der Waals surface area contributed by atoms with Gasteiger partial charge in [-0.25, -0.2) is 0 Å². The van der Waals surface area contributed by atoms with Crippen LogP contribution in [-0.2, 0) is 4.74 Å². The molecule has 2 rings (SSSR count). The summed E-state index contributed by atoms with van der Waals surface area (Å²) in [6.07, 6.45) is 8.80. The molecule has 3 heteroatoms. The van der Waals surface area contributed by atoms with Gasteiger partial charge in [-0.2, -0.15) is 0 Å². The molecule has 22 heavy (non-hydrogen) atoms. The Bertz CT molecular complexity index is 446. The quantitative estimate of drug-likeness (QED) is 0.749. The third-order valence-electron chi connectivity index (χ3n) is 4.60. The second kappa shape index (κ2) is 9.09. The number of rotatable bonds is 8. The Hall–Kier alpha value is -1.16. The highest BCUT2D eigenvalue weighted by Crippen LogP contribution is 2.34. The van der Waals surface area contributed by atoms with Gasteiger partial charge in [0.15, 0.2) is 0 Å². The van der Waals surface area contributed by atoms with E-state index in [1.165, 1.54) is 12.0 Å². The maximum absolute atomic E-state index is 9.88. The molecule has 1 fully saturated rings. The highest BCUT2D eigenvalue weighted by Gasteiger charge is 2.33. The number of piperidine rings is 1. The molecule has 0 bridgehead atoms. The van der Waals surface area contributed by atoms with Crippen molar-refractivity contribution in [3.63, 3.8) is 0 Å². The van der Waals surface area contributed by atoms with Crippen molar-refractivity contribution in [2.24, 2.45) is 5.41 Å². The smallest absolute Gasteiger partial charge is 0.0499 e. The molecule has 0 aliphatic carbocycles. The number of ether oxygens (including phenoxy) is 1. The average Bonchev–Trinajstić information content (AvgIpc) is 2.56. The van der Waals surface area contributed by atoms with Gasteiger partial charge in [0, 0.05) is 38.8 Å². The Morgan fingerprint density at radius 2 is 2.14 bits per heavy atom. The summed E-state index contributed by atoms with van der Waals surface area (Å²) in [6, 6.07) is 10.4. The average molecular weight is 303 g/mol. The first-order chi connectivity index (χ1) is 10.8. The molecule has 1 atom stereocenters. The fraction of sp³-hybridized carbons (Fsp3) is 0.579. The van der Waals surface area contributed by atoms with Gasteiger partial charge in [0.05, 0.1) is 0 Å². The lowest BCUT2D eigenvalue weighted by atomic mass is 9.77. The second-order valence-corrected chi connectivity index (χ2v) is 6.41. The Labute approximate surface area is 134 Å². The van der Waals surface area contributed by atoms with E-state index in [9.17, 15) is 5.11 Å². The van der Waals surface area contributed by atoms with E-state index in [1.807, 2.05) is 6.07 Å². The minimum atomic E-state index is 0.0668. The van der Waals surface area contributed by atoms with Crippen LogP contribution in [0.5, 0.6) is 0 Å². The standard InChI is InChI=1S/C19H29NO2/c1-22-15-7-12-19(17-21)11-6-14-20(16-19)13-5-10-18-8-3-2-4-9-18/h2-5,8-10,21H,6-7,11-17H2,1H3/b10-5+. The number of nitrogens with zero attached hydrogens (tertiary/aromatic N) is 1. The number of methoxy groups -OCH3 is 1. The Morgan fingerprint density at radius 1 is 1.32 bits per heavy atom. The van der Waals surface area contributed by atoms with E-state index in [0.717, 1.165) is 45.5 Å². The summed E-state index contributed by atoms with van der Waals surface area (Å²) in [4.78, 5) is 2.46. The van der Waals surface area contributed by atoms with Crippen molar-refractivity contribution in [3.05, 3.63) is 42.0 Å². The first kappa shape index (κ1) is 17.2. The minimum absolute atomic E-state index is 0.0668. The number of benzene rings is 1. The molecule has 0 radical (unpaired) electrons. The molecule has 1 unspecified atom stereocenters. The van der Waals surface area contributed by atoms with Crippen LogP contribution in [0.25, 0.3) is 6.08 Å². The predicted molar refractivity (Wildman–Crippen MR) is 91.8 cm³/mol. The van der Waals surface area contributed by atoms with Crippen LogP contribution in [0.2, 0.25) is 0 Å². The zero-order valence-electron chi connectivity index (χ0n) is 13.7. The van der Waals surface area contributed by atoms with E-state index in [-0.39, 0.29) is 12.0 Å². The van der Waals surface area contributed by atoms with Crippen molar-refractivity contribution in [3.8, 4) is 0 Å². The van der Waals surface area contributed by atoms with E-state index in [1.54, 1.807) is 7.11 Å². The van der Waals surface area contributed by atoms with Crippen LogP contribution in [0.3, 0.4) is 0 Å². The van der Waals surface area contributed by atoms with Gasteiger partial charge in [-0.1, -0.05) is 42.5 Å². The fourth-order valence-corrected chi connectivity index (χ4v) is 3.37. The highest BCUT2D eigenvalue weighted by atomic mass is 16.5. The van der Waals surface area contributed by atoms with E-state index >= 15 is 0 Å². The topological polar surface area (TPSA) is 32.7 Å². The third kappa shape index (κ3) is 5.24. The molecule has 1 aliphatic heterocycles. The van der Waals surface area contributed by atoms with E-state index < -0.39 is 0 Å². The van der Waals surface area contributed by atoms with Gasteiger partial charge in [0.25, 0.3) is 0 Å². The molecule has 1 aromatic rings. The Morgan fingerprint density at radius 3 is 2.86 bits per heavy atom. The van der Waals surface area contributed by atoms with Crippen LogP contribution < -0.4 is 0 Å². The third-order valence-corrected chi connectivity index (χ3v) is 4.60. The van der Waals surface area contributed by atoms with Gasteiger partial charge < -0.3 is 9.84 Å². The van der Waals surface area contributed by atoms with Gasteiger partial charge in [0.1, 0.15) is 0 Å². The van der Waals surface area contributed by atoms with Crippen LogP contribution in [-0.4, -0.2) is 50.0 Å². The van der Waals surface area contributed by atoms with Crippen molar-refractivity contribution >= 4 is 6.08 Å². The molecular weight excluding hydrogens is 274 g/mol. The van der Waals surface area contributed by atoms with Gasteiger partial charge in [-0.15, -0.1) is 0 Å². The van der Waals surface area contributed by atoms with Gasteiger partial charge in [-0.3, -0.25) is 4.90 Å². The summed E-state index contributed by atoms with van der Waals surface area (Å²) in [7, 11) is 1.74. The first-order valence-corrected chi connectivity index (χ1v) is 8.32. The van der Waals surface area contributed by atoms with Gasteiger partial charge in [0.2, 0.25) is 0 Å². The lowest BCUT2D eigenvalue weighted by Gasteiger charge is -2.41. The largest absolute Gasteiger partial charge is 0.396 e. The molecule has 1 N–H and O–H groups in total. The zero-order chi connectivity index (χ0) is 15.7. The van der Waals surface area contributed by atoms with Crippen molar-refractivity contribution in [2.75, 3.05) is 40.0 Å². The summed E-state index contributed by atoms with van der Waals surface area (Å²) in [6.45, 7) is 4.16. The molecule has 1 aliphatic rings. The molecule has 1 saturated heterocycles. The molecule has 0 aromatic heterocycles. The summed E-state index contributed by atoms with van der Waals surface area (Å²) in [5, 5.41) is 9.88. The van der Waals surface area contributed by atoms with Gasteiger partial charge in [-0.05, 0) is 37.8 Å². The first-order valence-electron chi connectivity index (χ1n) is 8.32. The molecule has 0 amide bonds. The SMILES string of the molecule is COCCCC1(CO)CCCN(C/C=C/c2ccccc2)C1. The predicted octanol–water partition coefficient (Wildman–Crippen LogP) is 3.20. The molecule has 3 nitrogen and oxygen atoms in total. The summed E-state index contributed by atoms with van der Waals surface area (Å²) >= 11 is 0. The number of aliphatic hydroxyl groups excluding tert-OH is 1. The number of likely N-dealkylation sites (tertiary alicyclic amines) is 1. The van der Waals surface area contributed by atoms with Crippen molar-refractivity contribution < 1.29 is 9.84 Å². The molecule has 0 saturated carbocycles. The number of aliphatic hydroxyl groups is 1. The zero-order valence-corrected chi connectivity index (χ0v) is 13.7. The Kier molecular flexibility index (Phi) is 7.10. The fourth-order valence-electron chi connectivity index (χ4n) is 3.37. The minimum Gasteiger partial charge on any atom is -0.396 e.